The Morgan fingerprint density at radius 3 is 2.15 bits per heavy atom. The first-order valence-corrected chi connectivity index (χ1v) is 15.1. The predicted molar refractivity (Wildman–Crippen MR) is 175 cm³/mol. The smallest absolute Gasteiger partial charge is 0.419 e. The number of esters is 2. The molecule has 1 aliphatic heterocycles. The number of fused-ring (bicyclic) bond motifs is 1. The summed E-state index contributed by atoms with van der Waals surface area (Å²) < 4.78 is 56.2. The molecule has 2 amide bonds. The molecule has 1 N–H and O–H groups in total. The van der Waals surface area contributed by atoms with Crippen LogP contribution in [0.25, 0.3) is 0 Å². The number of hydrogen-bond donors (Lipinski definition) is 1. The van der Waals surface area contributed by atoms with Crippen LogP contribution in [-0.2, 0) is 28.7 Å². The van der Waals surface area contributed by atoms with Gasteiger partial charge in [-0.1, -0.05) is 60.2 Å². The maximum absolute atomic E-state index is 14.1. The fraction of sp³-hybridized carbons (Fsp3) is 0.216. The van der Waals surface area contributed by atoms with Crippen LogP contribution in [0.15, 0.2) is 96.6 Å². The fourth-order valence-corrected chi connectivity index (χ4v) is 5.53. The summed E-state index contributed by atoms with van der Waals surface area (Å²) in [6.45, 7) is 3.60. The Bertz CT molecular complexity index is 1820. The lowest BCUT2D eigenvalue weighted by Crippen LogP contribution is -2.32. The van der Waals surface area contributed by atoms with Crippen molar-refractivity contribution in [2.24, 2.45) is 0 Å². The number of amides is 2. The van der Waals surface area contributed by atoms with E-state index in [0.29, 0.717) is 33.8 Å². The first-order chi connectivity index (χ1) is 23.0. The molecule has 0 spiro atoms. The van der Waals surface area contributed by atoms with Crippen LogP contribution in [-0.4, -0.2) is 25.1 Å². The zero-order valence-electron chi connectivity index (χ0n) is 26.5. The van der Waals surface area contributed by atoms with Crippen molar-refractivity contribution in [3.05, 3.63) is 124 Å². The molecular formula is C37H33F3N2O6. The SMILES string of the molecule is COc1c(C)c2c(c(NC(=O)N(c3ccccc3)c3ccccc3)c1CC=C(C)CCC(=O)Oc1ccccc1C(F)(F)F)C(=O)OC2. The molecule has 4 aromatic rings. The van der Waals surface area contributed by atoms with Gasteiger partial charge in [-0.25, -0.2) is 9.59 Å². The van der Waals surface area contributed by atoms with Crippen LogP contribution in [0.3, 0.4) is 0 Å². The summed E-state index contributed by atoms with van der Waals surface area (Å²) in [4.78, 5) is 41.2. The number of anilines is 3. The normalized spacial score (nSPS) is 12.6. The Morgan fingerprint density at radius 1 is 0.938 bits per heavy atom. The van der Waals surface area contributed by atoms with Crippen LogP contribution in [0.5, 0.6) is 11.5 Å². The van der Waals surface area contributed by atoms with Gasteiger partial charge in [0.25, 0.3) is 0 Å². The van der Waals surface area contributed by atoms with Crippen LogP contribution in [0.2, 0.25) is 0 Å². The minimum absolute atomic E-state index is 0.0229. The van der Waals surface area contributed by atoms with Crippen molar-refractivity contribution in [1.29, 1.82) is 0 Å². The number of allylic oxidation sites excluding steroid dienone is 2. The highest BCUT2D eigenvalue weighted by Gasteiger charge is 2.35. The quantitative estimate of drug-likeness (QED) is 0.104. The van der Waals surface area contributed by atoms with Gasteiger partial charge >= 0.3 is 24.1 Å². The average Bonchev–Trinajstić information content (AvgIpc) is 3.46. The van der Waals surface area contributed by atoms with Crippen molar-refractivity contribution < 1.29 is 41.8 Å². The second-order valence-electron chi connectivity index (χ2n) is 11.1. The van der Waals surface area contributed by atoms with Crippen molar-refractivity contribution in [2.75, 3.05) is 17.3 Å². The summed E-state index contributed by atoms with van der Waals surface area (Å²) in [6.07, 6.45) is -2.65. The van der Waals surface area contributed by atoms with Crippen molar-refractivity contribution in [3.8, 4) is 11.5 Å². The fourth-order valence-electron chi connectivity index (χ4n) is 5.53. The van der Waals surface area contributed by atoms with Crippen LogP contribution in [0.4, 0.5) is 35.0 Å². The molecule has 1 aliphatic rings. The van der Waals surface area contributed by atoms with Gasteiger partial charge in [-0.05, 0) is 68.7 Å². The molecular weight excluding hydrogens is 625 g/mol. The molecule has 0 fully saturated rings. The lowest BCUT2D eigenvalue weighted by molar-refractivity contribution is -0.142. The number of urea groups is 1. The molecule has 11 heteroatoms. The number of carbonyl (C=O) groups is 3. The van der Waals surface area contributed by atoms with E-state index in [0.717, 1.165) is 17.7 Å². The van der Waals surface area contributed by atoms with Gasteiger partial charge in [-0.2, -0.15) is 13.2 Å². The predicted octanol–water partition coefficient (Wildman–Crippen LogP) is 8.94. The maximum Gasteiger partial charge on any atom is 0.419 e. The number of para-hydroxylation sites is 3. The summed E-state index contributed by atoms with van der Waals surface area (Å²) in [7, 11) is 1.49. The summed E-state index contributed by atoms with van der Waals surface area (Å²) in [5, 5.41) is 2.97. The minimum atomic E-state index is -4.67. The second-order valence-corrected chi connectivity index (χ2v) is 11.1. The third-order valence-electron chi connectivity index (χ3n) is 7.93. The second kappa shape index (κ2) is 14.5. The van der Waals surface area contributed by atoms with E-state index < -0.39 is 35.5 Å². The molecule has 0 aliphatic carbocycles. The minimum Gasteiger partial charge on any atom is -0.496 e. The summed E-state index contributed by atoms with van der Waals surface area (Å²) >= 11 is 0. The highest BCUT2D eigenvalue weighted by Crippen LogP contribution is 2.42. The largest absolute Gasteiger partial charge is 0.496 e. The van der Waals surface area contributed by atoms with E-state index in [1.807, 2.05) is 42.5 Å². The molecule has 0 atom stereocenters. The van der Waals surface area contributed by atoms with Gasteiger partial charge in [-0.15, -0.1) is 0 Å². The number of hydrogen-bond acceptors (Lipinski definition) is 6. The third kappa shape index (κ3) is 7.35. The van der Waals surface area contributed by atoms with Crippen molar-refractivity contribution in [2.45, 2.75) is 45.9 Å². The number of alkyl halides is 3. The Balaban J connectivity index is 1.43. The number of nitrogens with one attached hydrogen (secondary N) is 1. The summed E-state index contributed by atoms with van der Waals surface area (Å²) in [6, 6.07) is 22.1. The topological polar surface area (TPSA) is 94.2 Å². The van der Waals surface area contributed by atoms with Gasteiger partial charge in [0, 0.05) is 17.5 Å². The maximum atomic E-state index is 14.1. The number of cyclic esters (lactones) is 1. The van der Waals surface area contributed by atoms with E-state index in [-0.39, 0.29) is 37.1 Å². The number of methoxy groups -OCH3 is 1. The molecule has 0 saturated heterocycles. The lowest BCUT2D eigenvalue weighted by atomic mass is 9.93. The molecule has 4 aromatic carbocycles. The van der Waals surface area contributed by atoms with Crippen molar-refractivity contribution >= 4 is 35.0 Å². The molecule has 48 heavy (non-hydrogen) atoms. The van der Waals surface area contributed by atoms with Gasteiger partial charge in [0.2, 0.25) is 0 Å². The van der Waals surface area contributed by atoms with E-state index in [4.69, 9.17) is 14.2 Å². The lowest BCUT2D eigenvalue weighted by Gasteiger charge is -2.26. The van der Waals surface area contributed by atoms with Gasteiger partial charge in [0.05, 0.1) is 35.3 Å². The first kappa shape index (κ1) is 33.8. The number of ether oxygens (including phenoxy) is 3. The standard InChI is InChI=1S/C37H33F3N2O6/c1-23(19-21-31(43)48-30-17-11-10-16-29(30)37(38,39)40)18-20-27-33(32-28(22-47-35(32)44)24(2)34(27)46-3)41-36(45)42(25-12-6-4-7-13-25)26-14-8-5-9-15-26/h4-18H,19-22H2,1-3H3,(H,41,45). The van der Waals surface area contributed by atoms with E-state index in [2.05, 4.69) is 5.32 Å². The molecule has 0 saturated carbocycles. The third-order valence-corrected chi connectivity index (χ3v) is 7.93. The summed E-state index contributed by atoms with van der Waals surface area (Å²) in [5.74, 6) is -1.49. The van der Waals surface area contributed by atoms with Crippen LogP contribution < -0.4 is 19.7 Å². The van der Waals surface area contributed by atoms with Crippen molar-refractivity contribution in [3.63, 3.8) is 0 Å². The Kier molecular flexibility index (Phi) is 10.2. The molecule has 0 aromatic heterocycles. The van der Waals surface area contributed by atoms with Crippen LogP contribution in [0, 0.1) is 6.92 Å². The number of halogens is 3. The van der Waals surface area contributed by atoms with E-state index >= 15 is 0 Å². The number of benzene rings is 4. The van der Waals surface area contributed by atoms with Gasteiger partial charge < -0.3 is 19.5 Å². The van der Waals surface area contributed by atoms with Gasteiger partial charge in [-0.3, -0.25) is 9.69 Å². The van der Waals surface area contributed by atoms with Crippen molar-refractivity contribution in [1.82, 2.24) is 0 Å². The number of nitrogens with zero attached hydrogens (tertiary/aromatic N) is 1. The first-order valence-electron chi connectivity index (χ1n) is 15.1. The molecule has 8 nitrogen and oxygen atoms in total. The average molecular weight is 659 g/mol. The molecule has 5 rings (SSSR count). The Morgan fingerprint density at radius 2 is 1.54 bits per heavy atom. The van der Waals surface area contributed by atoms with Crippen LogP contribution in [0.1, 0.15) is 52.4 Å². The zero-order valence-corrected chi connectivity index (χ0v) is 26.5. The molecule has 0 radical (unpaired) electrons. The molecule has 1 heterocycles. The molecule has 0 bridgehead atoms. The van der Waals surface area contributed by atoms with E-state index in [9.17, 15) is 27.6 Å². The van der Waals surface area contributed by atoms with E-state index in [1.165, 1.54) is 24.1 Å². The monoisotopic (exact) mass is 658 g/mol. The Labute approximate surface area is 275 Å². The Hall–Kier alpha value is -5.58. The number of carbonyl (C=O) groups excluding carboxylic acids is 3. The highest BCUT2D eigenvalue weighted by molar-refractivity contribution is 6.11. The summed E-state index contributed by atoms with van der Waals surface area (Å²) in [5.41, 5.74) is 3.17. The van der Waals surface area contributed by atoms with Gasteiger partial charge in [0.15, 0.2) is 0 Å². The van der Waals surface area contributed by atoms with E-state index in [1.54, 1.807) is 38.1 Å². The van der Waals surface area contributed by atoms with Crippen LogP contribution >= 0.6 is 0 Å². The molecule has 248 valence electrons. The zero-order chi connectivity index (χ0) is 34.4. The highest BCUT2D eigenvalue weighted by atomic mass is 19.4. The number of rotatable bonds is 10. The van der Waals surface area contributed by atoms with Gasteiger partial charge in [0.1, 0.15) is 18.1 Å². The molecule has 0 unspecified atom stereocenters.